The van der Waals surface area contributed by atoms with Crippen molar-refractivity contribution in [2.45, 2.75) is 0 Å². The molecule has 21 heavy (non-hydrogen) atoms. The lowest BCUT2D eigenvalue weighted by molar-refractivity contribution is 0.0698. The summed E-state index contributed by atoms with van der Waals surface area (Å²) in [5.74, 6) is -4.57. The molecule has 0 saturated heterocycles. The van der Waals surface area contributed by atoms with Gasteiger partial charge in [-0.1, -0.05) is 23.7 Å². The van der Waals surface area contributed by atoms with Gasteiger partial charge >= 0.3 is 5.97 Å². The zero-order valence-corrected chi connectivity index (χ0v) is 11.1. The zero-order chi connectivity index (χ0) is 15.6. The van der Waals surface area contributed by atoms with E-state index < -0.39 is 29.1 Å². The molecule has 2 N–H and O–H groups in total. The number of benzene rings is 2. The summed E-state index contributed by atoms with van der Waals surface area (Å²) < 4.78 is 27.0. The number of nitrogens with one attached hydrogen (secondary N) is 1. The summed E-state index contributed by atoms with van der Waals surface area (Å²) in [6.07, 6.45) is 0. The molecule has 0 fully saturated rings. The van der Waals surface area contributed by atoms with Crippen LogP contribution >= 0.6 is 11.6 Å². The summed E-state index contributed by atoms with van der Waals surface area (Å²) in [6, 6.07) is 6.89. The summed E-state index contributed by atoms with van der Waals surface area (Å²) in [7, 11) is 0. The van der Waals surface area contributed by atoms with Gasteiger partial charge in [0, 0.05) is 0 Å². The number of carbonyl (C=O) groups excluding carboxylic acids is 1. The maximum Gasteiger partial charge on any atom is 0.337 e. The third kappa shape index (κ3) is 3.00. The maximum absolute atomic E-state index is 13.5. The number of halogens is 3. The van der Waals surface area contributed by atoms with Gasteiger partial charge < -0.3 is 10.4 Å². The van der Waals surface area contributed by atoms with Gasteiger partial charge in [0.1, 0.15) is 17.2 Å². The third-order valence-corrected chi connectivity index (χ3v) is 2.99. The molecule has 0 unspecified atom stereocenters. The van der Waals surface area contributed by atoms with Gasteiger partial charge in [-0.25, -0.2) is 13.6 Å². The van der Waals surface area contributed by atoms with Crippen LogP contribution in [0.15, 0.2) is 36.4 Å². The first-order valence-electron chi connectivity index (χ1n) is 5.69. The Morgan fingerprint density at radius 2 is 1.62 bits per heavy atom. The lowest BCUT2D eigenvalue weighted by Crippen LogP contribution is -2.18. The molecule has 2 rings (SSSR count). The van der Waals surface area contributed by atoms with Gasteiger partial charge in [-0.15, -0.1) is 0 Å². The van der Waals surface area contributed by atoms with E-state index in [0.29, 0.717) is 0 Å². The number of rotatable bonds is 3. The van der Waals surface area contributed by atoms with E-state index in [9.17, 15) is 18.4 Å². The van der Waals surface area contributed by atoms with Crippen LogP contribution in [0.4, 0.5) is 14.5 Å². The van der Waals surface area contributed by atoms with Gasteiger partial charge in [0.15, 0.2) is 0 Å². The lowest BCUT2D eigenvalue weighted by atomic mass is 10.1. The van der Waals surface area contributed by atoms with Gasteiger partial charge in [-0.05, 0) is 24.3 Å². The van der Waals surface area contributed by atoms with E-state index in [1.165, 1.54) is 18.2 Å². The van der Waals surface area contributed by atoms with Crippen molar-refractivity contribution in [2.24, 2.45) is 0 Å². The van der Waals surface area contributed by atoms with Crippen molar-refractivity contribution < 1.29 is 23.5 Å². The fraction of sp³-hybridized carbons (Fsp3) is 0. The van der Waals surface area contributed by atoms with Crippen LogP contribution in [-0.2, 0) is 0 Å². The fourth-order valence-corrected chi connectivity index (χ4v) is 1.94. The predicted molar refractivity (Wildman–Crippen MR) is 72.7 cm³/mol. The number of carboxylic acids is 1. The summed E-state index contributed by atoms with van der Waals surface area (Å²) in [4.78, 5) is 23.0. The molecule has 108 valence electrons. The molecule has 0 heterocycles. The van der Waals surface area contributed by atoms with E-state index in [1.54, 1.807) is 0 Å². The highest BCUT2D eigenvalue weighted by atomic mass is 35.5. The number of anilines is 1. The van der Waals surface area contributed by atoms with Crippen LogP contribution in [0.2, 0.25) is 5.02 Å². The number of hydrogen-bond acceptors (Lipinski definition) is 2. The molecule has 1 amide bonds. The van der Waals surface area contributed by atoms with Crippen molar-refractivity contribution in [3.8, 4) is 0 Å². The Balaban J connectivity index is 2.44. The minimum absolute atomic E-state index is 0.0556. The quantitative estimate of drug-likeness (QED) is 0.910. The van der Waals surface area contributed by atoms with Crippen molar-refractivity contribution in [3.05, 3.63) is 64.2 Å². The van der Waals surface area contributed by atoms with Gasteiger partial charge in [-0.3, -0.25) is 4.79 Å². The summed E-state index contributed by atoms with van der Waals surface area (Å²) >= 11 is 5.82. The summed E-state index contributed by atoms with van der Waals surface area (Å²) in [5.41, 5.74) is -1.32. The van der Waals surface area contributed by atoms with E-state index in [-0.39, 0.29) is 16.3 Å². The lowest BCUT2D eigenvalue weighted by Gasteiger charge is -2.11. The molecule has 0 saturated carbocycles. The second kappa shape index (κ2) is 5.88. The normalized spacial score (nSPS) is 10.2. The first-order valence-corrected chi connectivity index (χ1v) is 6.06. The Morgan fingerprint density at radius 3 is 2.19 bits per heavy atom. The highest BCUT2D eigenvalue weighted by Crippen LogP contribution is 2.27. The monoisotopic (exact) mass is 311 g/mol. The van der Waals surface area contributed by atoms with E-state index in [0.717, 1.165) is 18.2 Å². The van der Waals surface area contributed by atoms with Crippen LogP contribution in [-0.4, -0.2) is 17.0 Å². The minimum atomic E-state index is -1.33. The SMILES string of the molecule is O=C(O)c1cccc(Cl)c1NC(=O)c1c(F)cccc1F. The molecule has 0 radical (unpaired) electrons. The molecule has 4 nitrogen and oxygen atoms in total. The van der Waals surface area contributed by atoms with Crippen molar-refractivity contribution >= 4 is 29.2 Å². The molecule has 0 aliphatic carbocycles. The molecular weight excluding hydrogens is 304 g/mol. The van der Waals surface area contributed by atoms with Crippen molar-refractivity contribution in [1.29, 1.82) is 0 Å². The highest BCUT2D eigenvalue weighted by molar-refractivity contribution is 6.34. The van der Waals surface area contributed by atoms with E-state index in [1.807, 2.05) is 0 Å². The van der Waals surface area contributed by atoms with Crippen LogP contribution in [0.5, 0.6) is 0 Å². The first kappa shape index (κ1) is 14.9. The highest BCUT2D eigenvalue weighted by Gasteiger charge is 2.21. The second-order valence-corrected chi connectivity index (χ2v) is 4.43. The Labute approximate surface area is 123 Å². The number of carboxylic acid groups (broad SMARTS) is 1. The Morgan fingerprint density at radius 1 is 1.05 bits per heavy atom. The number of amides is 1. The Hall–Kier alpha value is -2.47. The average Bonchev–Trinajstić information content (AvgIpc) is 2.40. The van der Waals surface area contributed by atoms with E-state index in [2.05, 4.69) is 5.32 Å². The smallest absolute Gasteiger partial charge is 0.337 e. The number of carbonyl (C=O) groups is 2. The Bertz CT molecular complexity index is 714. The first-order chi connectivity index (χ1) is 9.91. The summed E-state index contributed by atoms with van der Waals surface area (Å²) in [5, 5.41) is 11.1. The zero-order valence-electron chi connectivity index (χ0n) is 10.4. The topological polar surface area (TPSA) is 66.4 Å². The number of hydrogen-bond donors (Lipinski definition) is 2. The molecule has 2 aromatic rings. The van der Waals surface area contributed by atoms with Gasteiger partial charge in [0.25, 0.3) is 5.91 Å². The minimum Gasteiger partial charge on any atom is -0.478 e. The second-order valence-electron chi connectivity index (χ2n) is 4.02. The number of aromatic carboxylic acids is 1. The van der Waals surface area contributed by atoms with Gasteiger partial charge in [-0.2, -0.15) is 0 Å². The molecule has 0 aliphatic heterocycles. The molecule has 0 bridgehead atoms. The van der Waals surface area contributed by atoms with Crippen LogP contribution in [0, 0.1) is 11.6 Å². The van der Waals surface area contributed by atoms with Crippen molar-refractivity contribution in [2.75, 3.05) is 5.32 Å². The third-order valence-electron chi connectivity index (χ3n) is 2.67. The number of para-hydroxylation sites is 1. The largest absolute Gasteiger partial charge is 0.478 e. The molecule has 0 spiro atoms. The molecule has 7 heteroatoms. The molecule has 0 aliphatic rings. The van der Waals surface area contributed by atoms with Gasteiger partial charge in [0.2, 0.25) is 0 Å². The molecule has 0 aromatic heterocycles. The Kier molecular flexibility index (Phi) is 4.18. The molecule has 0 atom stereocenters. The van der Waals surface area contributed by atoms with Crippen LogP contribution in [0.25, 0.3) is 0 Å². The summed E-state index contributed by atoms with van der Waals surface area (Å²) in [6.45, 7) is 0. The average molecular weight is 312 g/mol. The molecule has 2 aromatic carbocycles. The maximum atomic E-state index is 13.5. The fourth-order valence-electron chi connectivity index (χ4n) is 1.72. The predicted octanol–water partition coefficient (Wildman–Crippen LogP) is 3.57. The van der Waals surface area contributed by atoms with E-state index in [4.69, 9.17) is 16.7 Å². The van der Waals surface area contributed by atoms with Crippen LogP contribution in [0.3, 0.4) is 0 Å². The standard InChI is InChI=1S/C14H8ClF2NO3/c15-8-4-1-3-7(14(20)21)12(8)18-13(19)11-9(16)5-2-6-10(11)17/h1-6H,(H,18,19)(H,20,21). The molecular formula is C14H8ClF2NO3. The van der Waals surface area contributed by atoms with Crippen molar-refractivity contribution in [3.63, 3.8) is 0 Å². The van der Waals surface area contributed by atoms with Crippen molar-refractivity contribution in [1.82, 2.24) is 0 Å². The van der Waals surface area contributed by atoms with Gasteiger partial charge in [0.05, 0.1) is 16.3 Å². The van der Waals surface area contributed by atoms with Crippen LogP contribution in [0.1, 0.15) is 20.7 Å². The van der Waals surface area contributed by atoms with Crippen LogP contribution < -0.4 is 5.32 Å². The van der Waals surface area contributed by atoms with E-state index >= 15 is 0 Å².